The molecule has 3 aromatic rings. The average molecular weight is 299 g/mol. The number of aryl methyl sites for hydroxylation is 1. The van der Waals surface area contributed by atoms with Gasteiger partial charge in [0.25, 0.3) is 0 Å². The molecule has 22 heavy (non-hydrogen) atoms. The lowest BCUT2D eigenvalue weighted by molar-refractivity contribution is -0.116. The van der Waals surface area contributed by atoms with E-state index < -0.39 is 5.97 Å². The van der Waals surface area contributed by atoms with Crippen molar-refractivity contribution in [1.82, 2.24) is 19.7 Å². The number of benzene rings is 1. The number of aromatic carboxylic acids is 1. The SMILES string of the molecule is O=C(CCn1ncc2cc(C(=O)O)ccc21)Nc1ncc[nH]1. The lowest BCUT2D eigenvalue weighted by atomic mass is 10.1. The van der Waals surface area contributed by atoms with Gasteiger partial charge >= 0.3 is 5.97 Å². The quantitative estimate of drug-likeness (QED) is 0.660. The van der Waals surface area contributed by atoms with E-state index in [0.717, 1.165) is 10.9 Å². The summed E-state index contributed by atoms with van der Waals surface area (Å²) >= 11 is 0. The fourth-order valence-electron chi connectivity index (χ4n) is 2.13. The van der Waals surface area contributed by atoms with E-state index in [9.17, 15) is 9.59 Å². The summed E-state index contributed by atoms with van der Waals surface area (Å²) in [5.74, 6) is -0.755. The molecule has 112 valence electrons. The summed E-state index contributed by atoms with van der Waals surface area (Å²) in [5, 5.41) is 16.5. The first kappa shape index (κ1) is 13.8. The standard InChI is InChI=1S/C14H13N5O3/c20-12(18-14-15-4-5-16-14)3-6-19-11-2-1-9(13(21)22)7-10(11)8-17-19/h1-2,4-5,7-8H,3,6H2,(H,21,22)(H2,15,16,18,20). The van der Waals surface area contributed by atoms with Gasteiger partial charge in [-0.15, -0.1) is 0 Å². The van der Waals surface area contributed by atoms with Gasteiger partial charge in [-0.05, 0) is 18.2 Å². The number of rotatable bonds is 5. The maximum atomic E-state index is 11.8. The Kier molecular flexibility index (Phi) is 3.57. The zero-order chi connectivity index (χ0) is 15.5. The van der Waals surface area contributed by atoms with E-state index >= 15 is 0 Å². The Morgan fingerprint density at radius 2 is 2.23 bits per heavy atom. The molecule has 0 saturated heterocycles. The molecule has 0 spiro atoms. The van der Waals surface area contributed by atoms with Gasteiger partial charge in [-0.1, -0.05) is 0 Å². The van der Waals surface area contributed by atoms with Crippen LogP contribution in [0.25, 0.3) is 10.9 Å². The van der Waals surface area contributed by atoms with Gasteiger partial charge in [-0.2, -0.15) is 5.10 Å². The van der Waals surface area contributed by atoms with Gasteiger partial charge in [-0.25, -0.2) is 9.78 Å². The number of hydrogen-bond acceptors (Lipinski definition) is 4. The molecule has 2 heterocycles. The summed E-state index contributed by atoms with van der Waals surface area (Å²) < 4.78 is 1.67. The number of carbonyl (C=O) groups excluding carboxylic acids is 1. The zero-order valence-electron chi connectivity index (χ0n) is 11.5. The second-order valence-corrected chi connectivity index (χ2v) is 4.68. The lowest BCUT2D eigenvalue weighted by Crippen LogP contribution is -2.15. The number of carbonyl (C=O) groups is 2. The van der Waals surface area contributed by atoms with E-state index in [4.69, 9.17) is 5.11 Å². The number of hydrogen-bond donors (Lipinski definition) is 3. The third-order valence-corrected chi connectivity index (χ3v) is 3.20. The van der Waals surface area contributed by atoms with Gasteiger partial charge in [0.2, 0.25) is 11.9 Å². The number of fused-ring (bicyclic) bond motifs is 1. The van der Waals surface area contributed by atoms with E-state index in [1.165, 1.54) is 6.07 Å². The van der Waals surface area contributed by atoms with Crippen LogP contribution in [0.2, 0.25) is 0 Å². The number of nitrogens with one attached hydrogen (secondary N) is 2. The highest BCUT2D eigenvalue weighted by molar-refractivity contribution is 5.93. The van der Waals surface area contributed by atoms with Crippen LogP contribution in [0.4, 0.5) is 5.95 Å². The highest BCUT2D eigenvalue weighted by atomic mass is 16.4. The molecule has 8 nitrogen and oxygen atoms in total. The second kappa shape index (κ2) is 5.68. The fourth-order valence-corrected chi connectivity index (χ4v) is 2.13. The Morgan fingerprint density at radius 3 is 2.95 bits per heavy atom. The summed E-state index contributed by atoms with van der Waals surface area (Å²) in [7, 11) is 0. The third kappa shape index (κ3) is 2.80. The molecule has 1 aromatic carbocycles. The average Bonchev–Trinajstić information content (AvgIpc) is 3.13. The van der Waals surface area contributed by atoms with E-state index in [2.05, 4.69) is 20.4 Å². The Bertz CT molecular complexity index is 822. The summed E-state index contributed by atoms with van der Waals surface area (Å²) in [6.07, 6.45) is 5.00. The number of aromatic amines is 1. The van der Waals surface area contributed by atoms with Crippen LogP contribution in [0.1, 0.15) is 16.8 Å². The molecular weight excluding hydrogens is 286 g/mol. The van der Waals surface area contributed by atoms with Gasteiger partial charge in [0, 0.05) is 24.2 Å². The first-order chi connectivity index (χ1) is 10.6. The van der Waals surface area contributed by atoms with Crippen molar-refractivity contribution >= 4 is 28.7 Å². The second-order valence-electron chi connectivity index (χ2n) is 4.68. The first-order valence-corrected chi connectivity index (χ1v) is 6.61. The highest BCUT2D eigenvalue weighted by Gasteiger charge is 2.09. The number of anilines is 1. The lowest BCUT2D eigenvalue weighted by Gasteiger charge is -2.04. The van der Waals surface area contributed by atoms with Crippen LogP contribution in [0.15, 0.2) is 36.8 Å². The molecule has 0 aliphatic rings. The van der Waals surface area contributed by atoms with Crippen molar-refractivity contribution in [3.63, 3.8) is 0 Å². The summed E-state index contributed by atoms with van der Waals surface area (Å²) in [4.78, 5) is 29.4. The van der Waals surface area contributed by atoms with Crippen molar-refractivity contribution in [3.8, 4) is 0 Å². The molecular formula is C14H13N5O3. The first-order valence-electron chi connectivity index (χ1n) is 6.61. The zero-order valence-corrected chi connectivity index (χ0v) is 11.5. The Morgan fingerprint density at radius 1 is 1.36 bits per heavy atom. The number of carboxylic acids is 1. The largest absolute Gasteiger partial charge is 0.478 e. The molecule has 1 amide bonds. The fraction of sp³-hybridized carbons (Fsp3) is 0.143. The molecule has 8 heteroatoms. The van der Waals surface area contributed by atoms with Crippen LogP contribution >= 0.6 is 0 Å². The molecule has 0 aliphatic carbocycles. The minimum Gasteiger partial charge on any atom is -0.478 e. The molecule has 3 N–H and O–H groups in total. The topological polar surface area (TPSA) is 113 Å². The van der Waals surface area contributed by atoms with Crippen molar-refractivity contribution in [2.45, 2.75) is 13.0 Å². The molecule has 0 unspecified atom stereocenters. The van der Waals surface area contributed by atoms with Crippen LogP contribution in [0, 0.1) is 0 Å². The van der Waals surface area contributed by atoms with Crippen LogP contribution < -0.4 is 5.32 Å². The minimum atomic E-state index is -0.979. The van der Waals surface area contributed by atoms with Crippen molar-refractivity contribution in [2.24, 2.45) is 0 Å². The normalized spacial score (nSPS) is 10.7. The summed E-state index contributed by atoms with van der Waals surface area (Å²) in [5.41, 5.74) is 0.999. The van der Waals surface area contributed by atoms with Gasteiger partial charge in [0.05, 0.1) is 23.8 Å². The van der Waals surface area contributed by atoms with Crippen molar-refractivity contribution < 1.29 is 14.7 Å². The van der Waals surface area contributed by atoms with Crippen LogP contribution in [-0.4, -0.2) is 36.7 Å². The van der Waals surface area contributed by atoms with E-state index in [-0.39, 0.29) is 17.9 Å². The molecule has 0 aliphatic heterocycles. The number of nitrogens with zero attached hydrogens (tertiary/aromatic N) is 3. The maximum absolute atomic E-state index is 11.8. The molecule has 0 saturated carbocycles. The molecule has 0 fully saturated rings. The number of carboxylic acid groups (broad SMARTS) is 1. The maximum Gasteiger partial charge on any atom is 0.335 e. The molecule has 0 bridgehead atoms. The van der Waals surface area contributed by atoms with Gasteiger partial charge in [0.15, 0.2) is 0 Å². The molecule has 0 atom stereocenters. The number of amides is 1. The van der Waals surface area contributed by atoms with Crippen molar-refractivity contribution in [1.29, 1.82) is 0 Å². The minimum absolute atomic E-state index is 0.180. The van der Waals surface area contributed by atoms with Crippen LogP contribution in [0.3, 0.4) is 0 Å². The van der Waals surface area contributed by atoms with Gasteiger partial charge in [-0.3, -0.25) is 14.8 Å². The summed E-state index contributed by atoms with van der Waals surface area (Å²) in [6.45, 7) is 0.391. The predicted octanol–water partition coefficient (Wildman–Crippen LogP) is 1.49. The van der Waals surface area contributed by atoms with Crippen molar-refractivity contribution in [2.75, 3.05) is 5.32 Å². The van der Waals surface area contributed by atoms with Gasteiger partial charge < -0.3 is 10.1 Å². The Balaban J connectivity index is 1.69. The van der Waals surface area contributed by atoms with E-state index in [0.29, 0.717) is 12.5 Å². The third-order valence-electron chi connectivity index (χ3n) is 3.20. The summed E-state index contributed by atoms with van der Waals surface area (Å²) in [6, 6.07) is 4.77. The Labute approximate surface area is 124 Å². The molecule has 0 radical (unpaired) electrons. The molecule has 3 rings (SSSR count). The van der Waals surface area contributed by atoms with E-state index in [1.807, 2.05) is 0 Å². The van der Waals surface area contributed by atoms with Crippen LogP contribution in [-0.2, 0) is 11.3 Å². The Hall–Kier alpha value is -3.16. The van der Waals surface area contributed by atoms with E-state index in [1.54, 1.807) is 35.4 Å². The van der Waals surface area contributed by atoms with Crippen molar-refractivity contribution in [3.05, 3.63) is 42.4 Å². The predicted molar refractivity (Wildman–Crippen MR) is 78.5 cm³/mol. The monoisotopic (exact) mass is 299 g/mol. The van der Waals surface area contributed by atoms with Crippen LogP contribution in [0.5, 0.6) is 0 Å². The molecule has 2 aromatic heterocycles. The number of imidazole rings is 1. The highest BCUT2D eigenvalue weighted by Crippen LogP contribution is 2.16. The smallest absolute Gasteiger partial charge is 0.335 e. The number of H-pyrrole nitrogens is 1. The van der Waals surface area contributed by atoms with Gasteiger partial charge in [0.1, 0.15) is 0 Å². The number of aromatic nitrogens is 4.